The van der Waals surface area contributed by atoms with Crippen molar-refractivity contribution in [1.29, 1.82) is 0 Å². The fourth-order valence-electron chi connectivity index (χ4n) is 1.75. The number of hydrogen-bond acceptors (Lipinski definition) is 3. The summed E-state index contributed by atoms with van der Waals surface area (Å²) >= 11 is 2.88. The van der Waals surface area contributed by atoms with Gasteiger partial charge in [0.2, 0.25) is 0 Å². The normalized spacial score (nSPS) is 11.4. The van der Waals surface area contributed by atoms with Gasteiger partial charge < -0.3 is 0 Å². The number of halogens is 3. The van der Waals surface area contributed by atoms with Crippen molar-refractivity contribution in [1.82, 2.24) is 0 Å². The van der Waals surface area contributed by atoms with E-state index in [9.17, 15) is 22.0 Å². The number of carbonyl (C=O) groups excluding carboxylic acids is 1. The number of sulfone groups is 1. The Bertz CT molecular complexity index is 832. The van der Waals surface area contributed by atoms with Gasteiger partial charge >= 0.3 is 0 Å². The molecule has 0 amide bonds. The fraction of sp³-hybridized carbons (Fsp3) is 0.0714. The van der Waals surface area contributed by atoms with Crippen LogP contribution in [0.15, 0.2) is 45.8 Å². The molecule has 0 unspecified atom stereocenters. The molecule has 0 bridgehead atoms. The molecule has 0 spiro atoms. The van der Waals surface area contributed by atoms with Gasteiger partial charge in [-0.05, 0) is 40.2 Å². The highest BCUT2D eigenvalue weighted by Crippen LogP contribution is 2.24. The first-order valence-electron chi connectivity index (χ1n) is 5.70. The second kappa shape index (κ2) is 5.65. The van der Waals surface area contributed by atoms with Crippen LogP contribution < -0.4 is 0 Å². The van der Waals surface area contributed by atoms with Gasteiger partial charge in [0.05, 0.1) is 14.9 Å². The van der Waals surface area contributed by atoms with Gasteiger partial charge in [0, 0.05) is 11.8 Å². The van der Waals surface area contributed by atoms with Crippen molar-refractivity contribution in [3.63, 3.8) is 0 Å². The van der Waals surface area contributed by atoms with Crippen LogP contribution in [0.1, 0.15) is 15.9 Å². The topological polar surface area (TPSA) is 51.2 Å². The lowest BCUT2D eigenvalue weighted by Crippen LogP contribution is -2.09. The van der Waals surface area contributed by atoms with Crippen LogP contribution in [-0.2, 0) is 9.84 Å². The average Bonchev–Trinajstić information content (AvgIpc) is 2.42. The highest BCUT2D eigenvalue weighted by atomic mass is 79.9. The second-order valence-electron chi connectivity index (χ2n) is 4.35. The van der Waals surface area contributed by atoms with Crippen LogP contribution in [0.3, 0.4) is 0 Å². The number of ketones is 1. The third-order valence-corrected chi connectivity index (χ3v) is 4.52. The van der Waals surface area contributed by atoms with E-state index in [-0.39, 0.29) is 14.9 Å². The van der Waals surface area contributed by atoms with Gasteiger partial charge in [-0.3, -0.25) is 4.79 Å². The molecule has 110 valence electrons. The smallest absolute Gasteiger partial charge is 0.199 e. The molecule has 0 aromatic heterocycles. The Morgan fingerprint density at radius 1 is 1.14 bits per heavy atom. The first kappa shape index (κ1) is 15.8. The zero-order chi connectivity index (χ0) is 15.8. The first-order chi connectivity index (χ1) is 9.71. The molecule has 0 atom stereocenters. The maximum absolute atomic E-state index is 13.9. The highest BCUT2D eigenvalue weighted by molar-refractivity contribution is 9.10. The number of hydrogen-bond donors (Lipinski definition) is 0. The fourth-order valence-corrected chi connectivity index (χ4v) is 2.74. The van der Waals surface area contributed by atoms with Crippen LogP contribution in [0.2, 0.25) is 0 Å². The zero-order valence-electron chi connectivity index (χ0n) is 10.7. The monoisotopic (exact) mass is 374 g/mol. The van der Waals surface area contributed by atoms with Crippen LogP contribution in [0.25, 0.3) is 0 Å². The Morgan fingerprint density at radius 3 is 2.43 bits per heavy atom. The van der Waals surface area contributed by atoms with E-state index >= 15 is 0 Å². The molecule has 7 heteroatoms. The summed E-state index contributed by atoms with van der Waals surface area (Å²) in [7, 11) is -3.52. The summed E-state index contributed by atoms with van der Waals surface area (Å²) in [6.45, 7) is 0. The van der Waals surface area contributed by atoms with Gasteiger partial charge in [0.25, 0.3) is 0 Å². The second-order valence-corrected chi connectivity index (χ2v) is 7.22. The SMILES string of the molecule is CS(=O)(=O)c1cccc(C(=O)c2c(F)ccc(Br)c2F)c1. The van der Waals surface area contributed by atoms with Crippen LogP contribution in [-0.4, -0.2) is 20.5 Å². The van der Waals surface area contributed by atoms with Crippen molar-refractivity contribution in [2.75, 3.05) is 6.26 Å². The summed E-state index contributed by atoms with van der Waals surface area (Å²) < 4.78 is 50.5. The van der Waals surface area contributed by atoms with E-state index in [1.807, 2.05) is 0 Å². The van der Waals surface area contributed by atoms with Gasteiger partial charge in [-0.25, -0.2) is 17.2 Å². The molecule has 0 aliphatic rings. The molecule has 0 N–H and O–H groups in total. The van der Waals surface area contributed by atoms with Crippen molar-refractivity contribution >= 4 is 31.6 Å². The van der Waals surface area contributed by atoms with E-state index in [1.54, 1.807) is 0 Å². The minimum absolute atomic E-state index is 0.0495. The lowest BCUT2D eigenvalue weighted by atomic mass is 10.0. The molecule has 21 heavy (non-hydrogen) atoms. The molecule has 0 heterocycles. The third kappa shape index (κ3) is 3.19. The van der Waals surface area contributed by atoms with Gasteiger partial charge in [-0.1, -0.05) is 12.1 Å². The van der Waals surface area contributed by atoms with E-state index in [1.165, 1.54) is 18.2 Å². The van der Waals surface area contributed by atoms with Gasteiger partial charge in [-0.2, -0.15) is 0 Å². The van der Waals surface area contributed by atoms with Gasteiger partial charge in [0.1, 0.15) is 5.82 Å². The molecule has 0 aliphatic heterocycles. The summed E-state index contributed by atoms with van der Waals surface area (Å²) in [4.78, 5) is 12.1. The van der Waals surface area contributed by atoms with Crippen molar-refractivity contribution in [3.05, 3.63) is 63.6 Å². The maximum Gasteiger partial charge on any atom is 0.199 e. The molecular formula is C14H9BrF2O3S. The minimum atomic E-state index is -3.52. The summed E-state index contributed by atoms with van der Waals surface area (Å²) in [5.41, 5.74) is -0.830. The van der Waals surface area contributed by atoms with Crippen molar-refractivity contribution < 1.29 is 22.0 Å². The van der Waals surface area contributed by atoms with E-state index in [2.05, 4.69) is 15.9 Å². The molecule has 3 nitrogen and oxygen atoms in total. The minimum Gasteiger partial charge on any atom is -0.288 e. The first-order valence-corrected chi connectivity index (χ1v) is 8.38. The number of benzene rings is 2. The summed E-state index contributed by atoms with van der Waals surface area (Å²) in [5, 5.41) is 0. The highest BCUT2D eigenvalue weighted by Gasteiger charge is 2.22. The summed E-state index contributed by atoms with van der Waals surface area (Å²) in [6.07, 6.45) is 0.983. The predicted octanol–water partition coefficient (Wildman–Crippen LogP) is 3.36. The van der Waals surface area contributed by atoms with E-state index in [4.69, 9.17) is 0 Å². The van der Waals surface area contributed by atoms with Gasteiger partial charge in [-0.15, -0.1) is 0 Å². The van der Waals surface area contributed by atoms with Crippen molar-refractivity contribution in [2.24, 2.45) is 0 Å². The average molecular weight is 375 g/mol. The molecule has 2 aromatic carbocycles. The molecule has 0 fully saturated rings. The Labute approximate surface area is 128 Å². The molecule has 0 aliphatic carbocycles. The Balaban J connectivity index is 2.59. The largest absolute Gasteiger partial charge is 0.288 e. The van der Waals surface area contributed by atoms with Crippen molar-refractivity contribution in [3.8, 4) is 0 Å². The molecule has 0 radical (unpaired) electrons. The number of carbonyl (C=O) groups is 1. The maximum atomic E-state index is 13.9. The Hall–Kier alpha value is -1.60. The molecule has 0 saturated carbocycles. The zero-order valence-corrected chi connectivity index (χ0v) is 13.1. The summed E-state index contributed by atoms with van der Waals surface area (Å²) in [6, 6.07) is 7.15. The molecule has 0 saturated heterocycles. The van der Waals surface area contributed by atoms with Crippen LogP contribution in [0, 0.1) is 11.6 Å². The number of rotatable bonds is 3. The van der Waals surface area contributed by atoms with Crippen LogP contribution in [0.4, 0.5) is 8.78 Å². The Morgan fingerprint density at radius 2 is 1.81 bits per heavy atom. The van der Waals surface area contributed by atoms with Crippen LogP contribution >= 0.6 is 15.9 Å². The third-order valence-electron chi connectivity index (χ3n) is 2.80. The molecular weight excluding hydrogens is 366 g/mol. The lowest BCUT2D eigenvalue weighted by molar-refractivity contribution is 0.103. The van der Waals surface area contributed by atoms with Crippen LogP contribution in [0.5, 0.6) is 0 Å². The molecule has 2 rings (SSSR count). The van der Waals surface area contributed by atoms with Crippen molar-refractivity contribution in [2.45, 2.75) is 4.90 Å². The quantitative estimate of drug-likeness (QED) is 0.611. The summed E-state index contributed by atoms with van der Waals surface area (Å²) in [5.74, 6) is -2.95. The van der Waals surface area contributed by atoms with E-state index in [0.717, 1.165) is 24.5 Å². The van der Waals surface area contributed by atoms with Gasteiger partial charge in [0.15, 0.2) is 21.4 Å². The standard InChI is InChI=1S/C14H9BrF2O3S/c1-21(19,20)9-4-2-3-8(7-9)14(18)12-11(16)6-5-10(15)13(12)17/h2-7H,1H3. The van der Waals surface area contributed by atoms with E-state index in [0.29, 0.717) is 0 Å². The Kier molecular flexibility index (Phi) is 4.25. The lowest BCUT2D eigenvalue weighted by Gasteiger charge is -2.07. The van der Waals surface area contributed by atoms with E-state index < -0.39 is 32.8 Å². The molecule has 2 aromatic rings. The predicted molar refractivity (Wildman–Crippen MR) is 77.0 cm³/mol.